The molecule has 4 bridgehead atoms. The third-order valence-electron chi connectivity index (χ3n) is 5.75. The van der Waals surface area contributed by atoms with E-state index < -0.39 is 0 Å². The lowest BCUT2D eigenvalue weighted by Gasteiger charge is -2.65. The molecule has 20 heavy (non-hydrogen) atoms. The zero-order chi connectivity index (χ0) is 14.0. The van der Waals surface area contributed by atoms with Gasteiger partial charge in [0.15, 0.2) is 5.82 Å². The van der Waals surface area contributed by atoms with Gasteiger partial charge in [-0.05, 0) is 55.3 Å². The second-order valence-electron chi connectivity index (χ2n) is 8.36. The fourth-order valence-electron chi connectivity index (χ4n) is 6.28. The summed E-state index contributed by atoms with van der Waals surface area (Å²) in [6.07, 6.45) is 11.3. The number of aromatic nitrogens is 2. The maximum absolute atomic E-state index is 6.03. The van der Waals surface area contributed by atoms with Crippen molar-refractivity contribution in [1.82, 2.24) is 9.97 Å². The first kappa shape index (κ1) is 12.4. The largest absolute Gasteiger partial charge is 0.394 e. The lowest BCUT2D eigenvalue weighted by atomic mass is 9.43. The fourth-order valence-corrected chi connectivity index (χ4v) is 6.28. The van der Waals surface area contributed by atoms with E-state index in [4.69, 9.17) is 5.73 Å². The van der Waals surface area contributed by atoms with E-state index in [-0.39, 0.29) is 5.54 Å². The SMILES string of the molecule is CC12CC3CC(C)(C1)CC(Nc1ncncc1N)(C3)C2. The predicted octanol–water partition coefficient (Wildman–Crippen LogP) is 3.22. The lowest BCUT2D eigenvalue weighted by Crippen LogP contribution is -2.61. The molecule has 5 rings (SSSR count). The molecule has 1 heterocycles. The molecule has 3 N–H and O–H groups in total. The number of rotatable bonds is 2. The highest BCUT2D eigenvalue weighted by Crippen LogP contribution is 2.66. The maximum Gasteiger partial charge on any atom is 0.153 e. The van der Waals surface area contributed by atoms with Crippen LogP contribution < -0.4 is 11.1 Å². The number of nitrogens with one attached hydrogen (secondary N) is 1. The molecule has 2 atom stereocenters. The van der Waals surface area contributed by atoms with Crippen molar-refractivity contribution in [2.75, 3.05) is 11.1 Å². The van der Waals surface area contributed by atoms with Gasteiger partial charge in [-0.1, -0.05) is 13.8 Å². The summed E-state index contributed by atoms with van der Waals surface area (Å²) in [6.45, 7) is 4.96. The molecule has 2 unspecified atom stereocenters. The first-order chi connectivity index (χ1) is 9.40. The van der Waals surface area contributed by atoms with Crippen LogP contribution in [0.5, 0.6) is 0 Å². The number of nitrogens with zero attached hydrogens (tertiary/aromatic N) is 2. The first-order valence-electron chi connectivity index (χ1n) is 7.73. The van der Waals surface area contributed by atoms with E-state index in [0.717, 1.165) is 11.7 Å². The van der Waals surface area contributed by atoms with E-state index in [1.54, 1.807) is 12.5 Å². The van der Waals surface area contributed by atoms with E-state index in [0.29, 0.717) is 16.5 Å². The second-order valence-corrected chi connectivity index (χ2v) is 8.36. The summed E-state index contributed by atoms with van der Waals surface area (Å²) >= 11 is 0. The number of nitrogen functional groups attached to an aromatic ring is 1. The predicted molar refractivity (Wildman–Crippen MR) is 80.2 cm³/mol. The highest BCUT2D eigenvalue weighted by Gasteiger charge is 2.60. The number of hydrogen-bond acceptors (Lipinski definition) is 4. The molecule has 108 valence electrons. The van der Waals surface area contributed by atoms with Crippen LogP contribution in [0.1, 0.15) is 52.4 Å². The van der Waals surface area contributed by atoms with Gasteiger partial charge in [0.25, 0.3) is 0 Å². The lowest BCUT2D eigenvalue weighted by molar-refractivity contribution is -0.0973. The zero-order valence-corrected chi connectivity index (χ0v) is 12.4. The molecule has 0 amide bonds. The molecule has 4 saturated carbocycles. The summed E-state index contributed by atoms with van der Waals surface area (Å²) < 4.78 is 0. The fraction of sp³-hybridized carbons (Fsp3) is 0.750. The maximum atomic E-state index is 6.03. The molecular weight excluding hydrogens is 248 g/mol. The molecule has 4 aliphatic rings. The van der Waals surface area contributed by atoms with Crippen LogP contribution >= 0.6 is 0 Å². The Morgan fingerprint density at radius 2 is 1.85 bits per heavy atom. The van der Waals surface area contributed by atoms with Crippen molar-refractivity contribution in [2.24, 2.45) is 16.7 Å². The average molecular weight is 272 g/mol. The van der Waals surface area contributed by atoms with Crippen LogP contribution in [0.2, 0.25) is 0 Å². The van der Waals surface area contributed by atoms with Crippen LogP contribution in [0.4, 0.5) is 11.5 Å². The van der Waals surface area contributed by atoms with E-state index in [2.05, 4.69) is 29.1 Å². The van der Waals surface area contributed by atoms with Gasteiger partial charge in [0.05, 0.1) is 11.9 Å². The standard InChI is InChI=1S/C16H24N4/c1-14-3-11-4-15(2,7-14)9-16(5-11,8-14)20-13-12(17)6-18-10-19-13/h6,10-11H,3-5,7-9,17H2,1-2H3,(H,18,19,20). The zero-order valence-electron chi connectivity index (χ0n) is 12.4. The molecule has 1 aromatic heterocycles. The summed E-state index contributed by atoms with van der Waals surface area (Å²) in [4.78, 5) is 8.34. The quantitative estimate of drug-likeness (QED) is 0.867. The third kappa shape index (κ3) is 1.80. The number of anilines is 2. The van der Waals surface area contributed by atoms with Crippen LogP contribution in [-0.4, -0.2) is 15.5 Å². The summed E-state index contributed by atoms with van der Waals surface area (Å²) in [7, 11) is 0. The Bertz CT molecular complexity index is 537. The summed E-state index contributed by atoms with van der Waals surface area (Å²) in [6, 6.07) is 0. The highest BCUT2D eigenvalue weighted by atomic mass is 15.1. The molecule has 0 spiro atoms. The van der Waals surface area contributed by atoms with E-state index >= 15 is 0 Å². The average Bonchev–Trinajstić information content (AvgIpc) is 2.27. The Kier molecular flexibility index (Phi) is 2.27. The van der Waals surface area contributed by atoms with Crippen LogP contribution in [0.15, 0.2) is 12.5 Å². The summed E-state index contributed by atoms with van der Waals surface area (Å²) in [5, 5.41) is 3.73. The molecule has 0 aliphatic heterocycles. The van der Waals surface area contributed by atoms with Gasteiger partial charge >= 0.3 is 0 Å². The summed E-state index contributed by atoms with van der Waals surface area (Å²) in [5.74, 6) is 1.70. The van der Waals surface area contributed by atoms with Crippen LogP contribution in [0.3, 0.4) is 0 Å². The van der Waals surface area contributed by atoms with Crippen LogP contribution in [0, 0.1) is 16.7 Å². The summed E-state index contributed by atoms with van der Waals surface area (Å²) in [5.41, 5.74) is 7.90. The van der Waals surface area contributed by atoms with E-state index in [1.807, 2.05) is 0 Å². The van der Waals surface area contributed by atoms with Gasteiger partial charge in [-0.15, -0.1) is 0 Å². The van der Waals surface area contributed by atoms with Crippen molar-refractivity contribution in [3.8, 4) is 0 Å². The Morgan fingerprint density at radius 1 is 1.15 bits per heavy atom. The molecule has 4 heteroatoms. The topological polar surface area (TPSA) is 63.8 Å². The Balaban J connectivity index is 1.69. The van der Waals surface area contributed by atoms with Gasteiger partial charge in [0.1, 0.15) is 6.33 Å². The molecule has 4 aliphatic carbocycles. The van der Waals surface area contributed by atoms with Crippen molar-refractivity contribution in [3.63, 3.8) is 0 Å². The highest BCUT2D eigenvalue weighted by molar-refractivity contribution is 5.60. The number of nitrogens with two attached hydrogens (primary N) is 1. The number of hydrogen-bond donors (Lipinski definition) is 2. The van der Waals surface area contributed by atoms with Crippen LogP contribution in [-0.2, 0) is 0 Å². The van der Waals surface area contributed by atoms with Crippen molar-refractivity contribution in [2.45, 2.75) is 57.9 Å². The Hall–Kier alpha value is -1.32. The van der Waals surface area contributed by atoms with Gasteiger partial charge in [0, 0.05) is 5.54 Å². The van der Waals surface area contributed by atoms with Crippen molar-refractivity contribution < 1.29 is 0 Å². The Morgan fingerprint density at radius 3 is 2.45 bits per heavy atom. The molecule has 0 radical (unpaired) electrons. The second kappa shape index (κ2) is 3.66. The molecular formula is C16H24N4. The Labute approximate surface area is 120 Å². The molecule has 0 saturated heterocycles. The minimum atomic E-state index is 0.200. The minimum Gasteiger partial charge on any atom is -0.394 e. The van der Waals surface area contributed by atoms with Gasteiger partial charge in [-0.25, -0.2) is 9.97 Å². The normalized spacial score (nSPS) is 45.6. The monoisotopic (exact) mass is 272 g/mol. The minimum absolute atomic E-state index is 0.200. The van der Waals surface area contributed by atoms with Crippen molar-refractivity contribution in [1.29, 1.82) is 0 Å². The molecule has 1 aromatic rings. The third-order valence-corrected chi connectivity index (χ3v) is 5.75. The van der Waals surface area contributed by atoms with Gasteiger partial charge in [-0.3, -0.25) is 0 Å². The van der Waals surface area contributed by atoms with Gasteiger partial charge in [-0.2, -0.15) is 0 Å². The molecule has 4 fully saturated rings. The van der Waals surface area contributed by atoms with Gasteiger partial charge in [0.2, 0.25) is 0 Å². The first-order valence-corrected chi connectivity index (χ1v) is 7.73. The van der Waals surface area contributed by atoms with Crippen molar-refractivity contribution >= 4 is 11.5 Å². The van der Waals surface area contributed by atoms with E-state index in [9.17, 15) is 0 Å². The molecule has 4 nitrogen and oxygen atoms in total. The smallest absolute Gasteiger partial charge is 0.153 e. The van der Waals surface area contributed by atoms with Gasteiger partial charge < -0.3 is 11.1 Å². The van der Waals surface area contributed by atoms with E-state index in [1.165, 1.54) is 38.5 Å². The molecule has 0 aromatic carbocycles. The van der Waals surface area contributed by atoms with Crippen molar-refractivity contribution in [3.05, 3.63) is 12.5 Å². The van der Waals surface area contributed by atoms with Crippen LogP contribution in [0.25, 0.3) is 0 Å².